The summed E-state index contributed by atoms with van der Waals surface area (Å²) in [5, 5.41) is 14.2. The van der Waals surface area contributed by atoms with E-state index in [0.717, 1.165) is 38.1 Å². The van der Waals surface area contributed by atoms with Crippen LogP contribution in [-0.4, -0.2) is 31.3 Å². The fourth-order valence-electron chi connectivity index (χ4n) is 1.76. The Bertz CT molecular complexity index is 438. The molecule has 0 fully saturated rings. The third-order valence-electron chi connectivity index (χ3n) is 2.76. The second kappa shape index (κ2) is 9.99. The van der Waals surface area contributed by atoms with Gasteiger partial charge in [0.15, 0.2) is 5.75 Å². The number of nitro benzene ring substituents is 1. The van der Waals surface area contributed by atoms with Crippen molar-refractivity contribution in [3.05, 3.63) is 28.3 Å². The zero-order valence-electron chi connectivity index (χ0n) is 12.8. The van der Waals surface area contributed by atoms with Crippen LogP contribution in [0.5, 0.6) is 5.75 Å². The summed E-state index contributed by atoms with van der Waals surface area (Å²) in [6.07, 6.45) is 2.72. The summed E-state index contributed by atoms with van der Waals surface area (Å²) in [4.78, 5) is 10.5. The van der Waals surface area contributed by atoms with Crippen molar-refractivity contribution in [2.24, 2.45) is 0 Å². The molecule has 1 N–H and O–H groups in total. The van der Waals surface area contributed by atoms with Gasteiger partial charge in [-0.05, 0) is 25.3 Å². The number of nitrogens with zero attached hydrogens (tertiary/aromatic N) is 1. The van der Waals surface area contributed by atoms with E-state index in [9.17, 15) is 10.1 Å². The van der Waals surface area contributed by atoms with E-state index in [1.54, 1.807) is 12.1 Å². The number of nitrogens with one attached hydrogen (secondary N) is 1. The molecule has 1 rings (SSSR count). The van der Waals surface area contributed by atoms with Gasteiger partial charge in [0.2, 0.25) is 0 Å². The van der Waals surface area contributed by atoms with Crippen molar-refractivity contribution < 1.29 is 14.4 Å². The van der Waals surface area contributed by atoms with Gasteiger partial charge in [-0.2, -0.15) is 0 Å². The average Bonchev–Trinajstić information content (AvgIpc) is 2.48. The summed E-state index contributed by atoms with van der Waals surface area (Å²) in [7, 11) is 0. The molecule has 0 spiro atoms. The number of hydrogen-bond acceptors (Lipinski definition) is 5. The molecule has 0 unspecified atom stereocenters. The second-order valence-electron chi connectivity index (χ2n) is 4.68. The molecule has 0 amide bonds. The van der Waals surface area contributed by atoms with Crippen LogP contribution in [0.1, 0.15) is 33.1 Å². The molecule has 0 aliphatic rings. The van der Waals surface area contributed by atoms with Crippen molar-refractivity contribution in [1.29, 1.82) is 0 Å². The Morgan fingerprint density at radius 3 is 2.62 bits per heavy atom. The van der Waals surface area contributed by atoms with E-state index in [1.165, 1.54) is 6.07 Å². The standard InChI is InChI=1S/C15H24N2O4/c1-3-9-20-11-5-8-16-13-6-7-14(17(18)19)15(12-13)21-10-4-2/h6-7,12,16H,3-5,8-11H2,1-2H3. The third kappa shape index (κ3) is 6.44. The van der Waals surface area contributed by atoms with E-state index in [0.29, 0.717) is 19.0 Å². The van der Waals surface area contributed by atoms with Crippen LogP contribution in [0, 0.1) is 10.1 Å². The van der Waals surface area contributed by atoms with Crippen molar-refractivity contribution in [1.82, 2.24) is 0 Å². The van der Waals surface area contributed by atoms with E-state index >= 15 is 0 Å². The number of ether oxygens (including phenoxy) is 2. The van der Waals surface area contributed by atoms with E-state index in [-0.39, 0.29) is 5.69 Å². The lowest BCUT2D eigenvalue weighted by Crippen LogP contribution is -2.07. The maximum atomic E-state index is 10.9. The Hall–Kier alpha value is -1.82. The normalized spacial score (nSPS) is 10.4. The fourth-order valence-corrected chi connectivity index (χ4v) is 1.76. The molecule has 1 aromatic carbocycles. The van der Waals surface area contributed by atoms with Crippen LogP contribution in [-0.2, 0) is 4.74 Å². The Kier molecular flexibility index (Phi) is 8.19. The number of hydrogen-bond donors (Lipinski definition) is 1. The summed E-state index contributed by atoms with van der Waals surface area (Å²) in [6, 6.07) is 4.85. The molecule has 21 heavy (non-hydrogen) atoms. The highest BCUT2D eigenvalue weighted by Gasteiger charge is 2.15. The SMILES string of the molecule is CCCOCCCNc1ccc([N+](=O)[O-])c(OCCC)c1. The molecular formula is C15H24N2O4. The molecule has 0 aliphatic carbocycles. The van der Waals surface area contributed by atoms with Crippen molar-refractivity contribution in [2.75, 3.05) is 31.7 Å². The maximum Gasteiger partial charge on any atom is 0.311 e. The third-order valence-corrected chi connectivity index (χ3v) is 2.76. The van der Waals surface area contributed by atoms with Gasteiger partial charge in [0.05, 0.1) is 11.5 Å². The van der Waals surface area contributed by atoms with Gasteiger partial charge in [-0.1, -0.05) is 13.8 Å². The predicted octanol–water partition coefficient (Wildman–Crippen LogP) is 3.61. The Balaban J connectivity index is 2.52. The molecule has 0 radical (unpaired) electrons. The first-order chi connectivity index (χ1) is 10.2. The van der Waals surface area contributed by atoms with E-state index < -0.39 is 4.92 Å². The number of benzene rings is 1. The van der Waals surface area contributed by atoms with Crippen LogP contribution in [0.4, 0.5) is 11.4 Å². The van der Waals surface area contributed by atoms with Crippen LogP contribution in [0.2, 0.25) is 0 Å². The summed E-state index contributed by atoms with van der Waals surface area (Å²) >= 11 is 0. The largest absolute Gasteiger partial charge is 0.487 e. The van der Waals surface area contributed by atoms with Crippen molar-refractivity contribution in [3.8, 4) is 5.75 Å². The van der Waals surface area contributed by atoms with Crippen LogP contribution in [0.3, 0.4) is 0 Å². The molecule has 0 saturated carbocycles. The zero-order chi connectivity index (χ0) is 15.5. The molecule has 1 aromatic rings. The summed E-state index contributed by atoms with van der Waals surface area (Å²) < 4.78 is 10.8. The van der Waals surface area contributed by atoms with Crippen LogP contribution in [0.15, 0.2) is 18.2 Å². The Morgan fingerprint density at radius 1 is 1.19 bits per heavy atom. The zero-order valence-corrected chi connectivity index (χ0v) is 12.8. The van der Waals surface area contributed by atoms with Gasteiger partial charge in [-0.3, -0.25) is 10.1 Å². The van der Waals surface area contributed by atoms with Crippen molar-refractivity contribution >= 4 is 11.4 Å². The highest BCUT2D eigenvalue weighted by molar-refractivity contribution is 5.57. The highest BCUT2D eigenvalue weighted by atomic mass is 16.6. The second-order valence-corrected chi connectivity index (χ2v) is 4.68. The van der Waals surface area contributed by atoms with Crippen molar-refractivity contribution in [2.45, 2.75) is 33.1 Å². The van der Waals surface area contributed by atoms with E-state index in [4.69, 9.17) is 9.47 Å². The molecule has 0 bridgehead atoms. The molecule has 0 aromatic heterocycles. The van der Waals surface area contributed by atoms with Gasteiger partial charge in [0.1, 0.15) is 0 Å². The Labute approximate surface area is 125 Å². The molecule has 118 valence electrons. The summed E-state index contributed by atoms with van der Waals surface area (Å²) in [5.74, 6) is 0.314. The first-order valence-electron chi connectivity index (χ1n) is 7.41. The van der Waals surface area contributed by atoms with E-state index in [1.807, 2.05) is 6.92 Å². The Morgan fingerprint density at radius 2 is 1.95 bits per heavy atom. The predicted molar refractivity (Wildman–Crippen MR) is 83.1 cm³/mol. The lowest BCUT2D eigenvalue weighted by atomic mass is 10.2. The van der Waals surface area contributed by atoms with Gasteiger partial charge in [-0.15, -0.1) is 0 Å². The highest BCUT2D eigenvalue weighted by Crippen LogP contribution is 2.30. The van der Waals surface area contributed by atoms with Gasteiger partial charge in [0.25, 0.3) is 0 Å². The minimum atomic E-state index is -0.423. The van der Waals surface area contributed by atoms with Crippen LogP contribution in [0.25, 0.3) is 0 Å². The topological polar surface area (TPSA) is 73.6 Å². The maximum absolute atomic E-state index is 10.9. The monoisotopic (exact) mass is 296 g/mol. The van der Waals surface area contributed by atoms with Gasteiger partial charge in [-0.25, -0.2) is 0 Å². The van der Waals surface area contributed by atoms with Gasteiger partial charge >= 0.3 is 5.69 Å². The first-order valence-corrected chi connectivity index (χ1v) is 7.41. The molecule has 0 atom stereocenters. The molecule has 0 heterocycles. The number of anilines is 1. The van der Waals surface area contributed by atoms with Crippen molar-refractivity contribution in [3.63, 3.8) is 0 Å². The summed E-state index contributed by atoms with van der Waals surface area (Å²) in [6.45, 7) is 6.76. The van der Waals surface area contributed by atoms with Gasteiger partial charge in [0, 0.05) is 37.6 Å². The first kappa shape index (κ1) is 17.2. The molecular weight excluding hydrogens is 272 g/mol. The summed E-state index contributed by atoms with van der Waals surface area (Å²) in [5.41, 5.74) is 0.822. The van der Waals surface area contributed by atoms with E-state index in [2.05, 4.69) is 12.2 Å². The number of nitro groups is 1. The minimum absolute atomic E-state index is 0.000258. The molecule has 0 saturated heterocycles. The lowest BCUT2D eigenvalue weighted by Gasteiger charge is -2.10. The lowest BCUT2D eigenvalue weighted by molar-refractivity contribution is -0.385. The smallest absolute Gasteiger partial charge is 0.311 e. The average molecular weight is 296 g/mol. The number of rotatable bonds is 11. The quantitative estimate of drug-likeness (QED) is 0.383. The van der Waals surface area contributed by atoms with Gasteiger partial charge < -0.3 is 14.8 Å². The minimum Gasteiger partial charge on any atom is -0.487 e. The molecule has 6 nitrogen and oxygen atoms in total. The molecule has 6 heteroatoms. The van der Waals surface area contributed by atoms with Crippen LogP contribution >= 0.6 is 0 Å². The molecule has 0 aliphatic heterocycles. The van der Waals surface area contributed by atoms with Crippen LogP contribution < -0.4 is 10.1 Å². The fraction of sp³-hybridized carbons (Fsp3) is 0.600.